The second-order valence-corrected chi connectivity index (χ2v) is 3.61. The molecule has 0 saturated carbocycles. The van der Waals surface area contributed by atoms with Gasteiger partial charge in [-0.3, -0.25) is 0 Å². The Morgan fingerprint density at radius 3 is 2.40 bits per heavy atom. The van der Waals surface area contributed by atoms with Crippen molar-refractivity contribution in [3.8, 4) is 0 Å². The Hall–Kier alpha value is -0.740. The van der Waals surface area contributed by atoms with E-state index in [9.17, 15) is 13.2 Å². The summed E-state index contributed by atoms with van der Waals surface area (Å²) in [6, 6.07) is 3.43. The van der Waals surface area contributed by atoms with E-state index in [1.807, 2.05) is 0 Å². The van der Waals surface area contributed by atoms with Crippen molar-refractivity contribution in [1.82, 2.24) is 0 Å². The van der Waals surface area contributed by atoms with E-state index in [1.165, 1.54) is 6.07 Å². The van der Waals surface area contributed by atoms with Gasteiger partial charge in [0.1, 0.15) is 0 Å². The number of benzene rings is 1. The van der Waals surface area contributed by atoms with Gasteiger partial charge in [0.15, 0.2) is 0 Å². The Morgan fingerprint density at radius 1 is 1.20 bits per heavy atom. The van der Waals surface area contributed by atoms with Crippen LogP contribution in [0.5, 0.6) is 0 Å². The molecule has 5 heteroatoms. The van der Waals surface area contributed by atoms with Gasteiger partial charge in [-0.25, -0.2) is 0 Å². The Bertz CT molecular complexity index is 336. The molecule has 0 fully saturated rings. The summed E-state index contributed by atoms with van der Waals surface area (Å²) in [6.45, 7) is -0.0478. The summed E-state index contributed by atoms with van der Waals surface area (Å²) in [4.78, 5) is 0. The van der Waals surface area contributed by atoms with E-state index >= 15 is 0 Å². The van der Waals surface area contributed by atoms with Crippen LogP contribution in [0.4, 0.5) is 13.2 Å². The second kappa shape index (κ2) is 4.86. The lowest BCUT2D eigenvalue weighted by Crippen LogP contribution is -2.05. The Morgan fingerprint density at radius 2 is 1.87 bits per heavy atom. The predicted octanol–water partition coefficient (Wildman–Crippen LogP) is 3.28. The first kappa shape index (κ1) is 12.3. The number of aliphatic hydroxyl groups excluding tert-OH is 1. The van der Waals surface area contributed by atoms with Crippen molar-refractivity contribution in [2.24, 2.45) is 0 Å². The van der Waals surface area contributed by atoms with Crippen molar-refractivity contribution in [1.29, 1.82) is 0 Å². The summed E-state index contributed by atoms with van der Waals surface area (Å²) < 4.78 is 37.1. The second-order valence-electron chi connectivity index (χ2n) is 3.17. The van der Waals surface area contributed by atoms with Gasteiger partial charge in [0.05, 0.1) is 5.56 Å². The fourth-order valence-corrected chi connectivity index (χ4v) is 1.50. The summed E-state index contributed by atoms with van der Waals surface area (Å²) in [6.07, 6.45) is -3.56. The molecule has 0 spiro atoms. The minimum absolute atomic E-state index is 0.0478. The molecule has 1 rings (SSSR count). The summed E-state index contributed by atoms with van der Waals surface area (Å²) >= 11 is 5.57. The highest BCUT2D eigenvalue weighted by Gasteiger charge is 2.30. The molecule has 0 aliphatic rings. The van der Waals surface area contributed by atoms with Gasteiger partial charge in [-0.1, -0.05) is 11.6 Å². The van der Waals surface area contributed by atoms with Crippen LogP contribution in [0.25, 0.3) is 0 Å². The van der Waals surface area contributed by atoms with Gasteiger partial charge in [0.25, 0.3) is 0 Å². The van der Waals surface area contributed by atoms with Crippen molar-refractivity contribution >= 4 is 11.6 Å². The number of aryl methyl sites for hydroxylation is 1. The van der Waals surface area contributed by atoms with Crippen LogP contribution >= 0.6 is 11.6 Å². The van der Waals surface area contributed by atoms with Gasteiger partial charge >= 0.3 is 6.18 Å². The maximum atomic E-state index is 12.4. The minimum Gasteiger partial charge on any atom is -0.396 e. The molecule has 1 N–H and O–H groups in total. The summed E-state index contributed by atoms with van der Waals surface area (Å²) in [5, 5.41) is 8.64. The van der Waals surface area contributed by atoms with Gasteiger partial charge < -0.3 is 5.11 Å². The topological polar surface area (TPSA) is 20.2 Å². The van der Waals surface area contributed by atoms with Crippen molar-refractivity contribution < 1.29 is 18.3 Å². The molecule has 0 aromatic heterocycles. The molecule has 1 nitrogen and oxygen atoms in total. The summed E-state index contributed by atoms with van der Waals surface area (Å²) in [5.41, 5.74) is -0.258. The monoisotopic (exact) mass is 238 g/mol. The van der Waals surface area contributed by atoms with Crippen molar-refractivity contribution in [2.45, 2.75) is 19.0 Å². The van der Waals surface area contributed by atoms with Crippen molar-refractivity contribution in [3.05, 3.63) is 34.3 Å². The van der Waals surface area contributed by atoms with E-state index in [0.29, 0.717) is 18.4 Å². The van der Waals surface area contributed by atoms with Crippen LogP contribution in [0.15, 0.2) is 18.2 Å². The summed E-state index contributed by atoms with van der Waals surface area (Å²) in [7, 11) is 0. The number of hydrogen-bond acceptors (Lipinski definition) is 1. The fraction of sp³-hybridized carbons (Fsp3) is 0.400. The zero-order valence-corrected chi connectivity index (χ0v) is 8.57. The third kappa shape index (κ3) is 3.72. The zero-order valence-electron chi connectivity index (χ0n) is 7.81. The molecule has 15 heavy (non-hydrogen) atoms. The molecule has 0 amide bonds. The highest BCUT2D eigenvalue weighted by atomic mass is 35.5. The van der Waals surface area contributed by atoms with E-state index < -0.39 is 11.7 Å². The number of rotatable bonds is 3. The van der Waals surface area contributed by atoms with Gasteiger partial charge in [-0.15, -0.1) is 0 Å². The van der Waals surface area contributed by atoms with Gasteiger partial charge in [-0.05, 0) is 36.6 Å². The average molecular weight is 239 g/mol. The molecule has 0 aliphatic heterocycles. The van der Waals surface area contributed by atoms with Gasteiger partial charge in [0.2, 0.25) is 0 Å². The van der Waals surface area contributed by atoms with E-state index in [0.717, 1.165) is 12.1 Å². The Balaban J connectivity index is 2.95. The van der Waals surface area contributed by atoms with Crippen LogP contribution in [0, 0.1) is 0 Å². The van der Waals surface area contributed by atoms with E-state index in [-0.39, 0.29) is 11.6 Å². The van der Waals surface area contributed by atoms with Crippen LogP contribution in [-0.4, -0.2) is 11.7 Å². The molecule has 0 heterocycles. The normalized spacial score (nSPS) is 11.8. The third-order valence-corrected chi connectivity index (χ3v) is 2.13. The van der Waals surface area contributed by atoms with Crippen LogP contribution < -0.4 is 0 Å². The molecule has 0 atom stereocenters. The third-order valence-electron chi connectivity index (χ3n) is 1.91. The number of alkyl halides is 3. The first-order valence-corrected chi connectivity index (χ1v) is 4.79. The maximum absolute atomic E-state index is 12.4. The maximum Gasteiger partial charge on any atom is 0.416 e. The van der Waals surface area contributed by atoms with Crippen molar-refractivity contribution in [3.63, 3.8) is 0 Å². The average Bonchev–Trinajstić information content (AvgIpc) is 2.12. The van der Waals surface area contributed by atoms with E-state index in [1.54, 1.807) is 0 Å². The first-order valence-electron chi connectivity index (χ1n) is 4.41. The number of aliphatic hydroxyl groups is 1. The van der Waals surface area contributed by atoms with Gasteiger partial charge in [0, 0.05) is 11.6 Å². The van der Waals surface area contributed by atoms with Crippen LogP contribution in [0.3, 0.4) is 0 Å². The Kier molecular flexibility index (Phi) is 3.99. The molecule has 0 unspecified atom stereocenters. The van der Waals surface area contributed by atoms with Gasteiger partial charge in [-0.2, -0.15) is 13.2 Å². The molecule has 0 saturated heterocycles. The predicted molar refractivity (Wildman–Crippen MR) is 51.9 cm³/mol. The lowest BCUT2D eigenvalue weighted by Gasteiger charge is -2.09. The molecule has 0 aliphatic carbocycles. The molecule has 1 aromatic rings. The standard InChI is InChI=1S/C10H10ClF3O/c11-9-5-7(2-1-3-15)4-8(6-9)10(12,13)14/h4-6,15H,1-3H2. The molecule has 0 radical (unpaired) electrons. The lowest BCUT2D eigenvalue weighted by atomic mass is 10.1. The fourth-order valence-electron chi connectivity index (χ4n) is 1.24. The lowest BCUT2D eigenvalue weighted by molar-refractivity contribution is -0.137. The largest absolute Gasteiger partial charge is 0.416 e. The highest BCUT2D eigenvalue weighted by molar-refractivity contribution is 6.30. The first-order chi connectivity index (χ1) is 6.93. The SMILES string of the molecule is OCCCc1cc(Cl)cc(C(F)(F)F)c1. The number of hydrogen-bond donors (Lipinski definition) is 1. The molecular formula is C10H10ClF3O. The van der Waals surface area contributed by atoms with Crippen LogP contribution in [0.1, 0.15) is 17.5 Å². The number of halogens is 4. The molecular weight excluding hydrogens is 229 g/mol. The molecule has 84 valence electrons. The van der Waals surface area contributed by atoms with E-state index in [2.05, 4.69) is 0 Å². The minimum atomic E-state index is -4.38. The van der Waals surface area contributed by atoms with Crippen molar-refractivity contribution in [2.75, 3.05) is 6.61 Å². The Labute approximate surface area is 90.5 Å². The van der Waals surface area contributed by atoms with Crippen LogP contribution in [-0.2, 0) is 12.6 Å². The summed E-state index contributed by atoms with van der Waals surface area (Å²) in [5.74, 6) is 0. The quantitative estimate of drug-likeness (QED) is 0.857. The zero-order chi connectivity index (χ0) is 11.5. The van der Waals surface area contributed by atoms with Crippen LogP contribution in [0.2, 0.25) is 5.02 Å². The highest BCUT2D eigenvalue weighted by Crippen LogP contribution is 2.32. The molecule has 0 bridgehead atoms. The molecule has 1 aromatic carbocycles. The smallest absolute Gasteiger partial charge is 0.396 e. The van der Waals surface area contributed by atoms with E-state index in [4.69, 9.17) is 16.7 Å².